The molecule has 0 aliphatic carbocycles. The summed E-state index contributed by atoms with van der Waals surface area (Å²) in [6, 6.07) is 5.45. The summed E-state index contributed by atoms with van der Waals surface area (Å²) < 4.78 is 16.2. The summed E-state index contributed by atoms with van der Waals surface area (Å²) in [4.78, 5) is 43.9. The normalized spacial score (nSPS) is 13.2. The number of carboxylic acid groups (broad SMARTS) is 1. The Balaban J connectivity index is 2.45. The van der Waals surface area contributed by atoms with Gasteiger partial charge in [0.2, 0.25) is 0 Å². The molecule has 2 atom stereocenters. The summed E-state index contributed by atoms with van der Waals surface area (Å²) in [5.74, 6) is -0.921. The van der Waals surface area contributed by atoms with E-state index in [9.17, 15) is 19.5 Å². The van der Waals surface area contributed by atoms with E-state index in [2.05, 4.69) is 40.0 Å². The summed E-state index contributed by atoms with van der Waals surface area (Å²) in [5, 5.41) is 14.8. The third-order valence-corrected chi connectivity index (χ3v) is 8.06. The highest BCUT2D eigenvalue weighted by Gasteiger charge is 2.26. The number of alkyl carbamates (subject to hydrolysis) is 1. The van der Waals surface area contributed by atoms with Crippen LogP contribution in [0.15, 0.2) is 18.2 Å². The van der Waals surface area contributed by atoms with Crippen molar-refractivity contribution in [2.75, 3.05) is 24.8 Å². The van der Waals surface area contributed by atoms with E-state index in [4.69, 9.17) is 20.2 Å². The van der Waals surface area contributed by atoms with E-state index in [0.717, 1.165) is 6.04 Å². The molecule has 0 aliphatic heterocycles. The van der Waals surface area contributed by atoms with E-state index in [-0.39, 0.29) is 6.61 Å². The van der Waals surface area contributed by atoms with Crippen molar-refractivity contribution >= 4 is 37.6 Å². The van der Waals surface area contributed by atoms with Crippen molar-refractivity contribution in [2.45, 2.75) is 90.9 Å². The number of hydrogen-bond acceptors (Lipinski definition) is 8. The first-order valence-electron chi connectivity index (χ1n) is 14.1. The van der Waals surface area contributed by atoms with Crippen molar-refractivity contribution in [2.24, 2.45) is 5.92 Å². The number of ether oxygens (including phenoxy) is 3. The van der Waals surface area contributed by atoms with Crippen LogP contribution in [0.1, 0.15) is 64.5 Å². The van der Waals surface area contributed by atoms with Crippen LogP contribution in [0.3, 0.4) is 0 Å². The van der Waals surface area contributed by atoms with Crippen LogP contribution in [-0.2, 0) is 25.6 Å². The first-order chi connectivity index (χ1) is 19.5. The molecule has 1 aromatic heterocycles. The summed E-state index contributed by atoms with van der Waals surface area (Å²) in [6.07, 6.45) is 0.166. The van der Waals surface area contributed by atoms with Gasteiger partial charge in [-0.25, -0.2) is 14.6 Å². The number of imidazole rings is 1. The first kappa shape index (κ1) is 34.6. The van der Waals surface area contributed by atoms with Crippen LogP contribution in [0.25, 0.3) is 11.3 Å². The molecule has 6 N–H and O–H groups in total. The van der Waals surface area contributed by atoms with E-state index < -0.39 is 43.8 Å². The highest BCUT2D eigenvalue weighted by Crippen LogP contribution is 2.32. The van der Waals surface area contributed by atoms with Gasteiger partial charge in [-0.3, -0.25) is 10.1 Å². The number of amides is 2. The minimum Gasteiger partial charge on any atom is -0.481 e. The number of aromatic nitrogens is 2. The molecule has 0 radical (unpaired) electrons. The van der Waals surface area contributed by atoms with Crippen LogP contribution < -0.4 is 16.4 Å². The fraction of sp³-hybridized carbons (Fsp3) is 0.586. The number of carboxylic acids is 1. The number of benzene rings is 1. The number of aliphatic carboxylic acids is 1. The van der Waals surface area contributed by atoms with Crippen molar-refractivity contribution in [1.82, 2.24) is 15.3 Å². The SMILES string of the molecule is COC(=O)Nc1ccc(-c2nc([C@H](CCCC(C)C(=O)O)NC(=O)OC(C)(C)C)[nH]c2COCC[Si](C)(C)C)c(N)c1. The first-order valence-corrected chi connectivity index (χ1v) is 17.8. The highest BCUT2D eigenvalue weighted by atomic mass is 28.3. The molecule has 0 spiro atoms. The van der Waals surface area contributed by atoms with E-state index in [1.54, 1.807) is 45.9 Å². The number of aromatic amines is 1. The topological polar surface area (TPSA) is 178 Å². The zero-order valence-corrected chi connectivity index (χ0v) is 27.1. The molecular formula is C29H47N5O7Si. The predicted molar refractivity (Wildman–Crippen MR) is 165 cm³/mol. The van der Waals surface area contributed by atoms with Crippen molar-refractivity contribution in [3.8, 4) is 11.3 Å². The average molecular weight is 606 g/mol. The molecule has 1 aromatic carbocycles. The summed E-state index contributed by atoms with van der Waals surface area (Å²) in [5.41, 5.74) is 8.38. The van der Waals surface area contributed by atoms with Crippen molar-refractivity contribution in [3.05, 3.63) is 29.7 Å². The van der Waals surface area contributed by atoms with E-state index >= 15 is 0 Å². The number of nitrogens with one attached hydrogen (secondary N) is 3. The molecule has 2 rings (SSSR count). The Morgan fingerprint density at radius 1 is 1.14 bits per heavy atom. The number of nitrogens with zero attached hydrogens (tertiary/aromatic N) is 1. The molecule has 0 fully saturated rings. The number of nitrogens with two attached hydrogens (primary N) is 1. The van der Waals surface area contributed by atoms with Gasteiger partial charge in [-0.15, -0.1) is 0 Å². The summed E-state index contributed by atoms with van der Waals surface area (Å²) >= 11 is 0. The van der Waals surface area contributed by atoms with E-state index in [0.29, 0.717) is 60.0 Å². The Morgan fingerprint density at radius 3 is 2.40 bits per heavy atom. The van der Waals surface area contributed by atoms with Crippen LogP contribution >= 0.6 is 0 Å². The molecule has 234 valence electrons. The molecule has 2 amide bonds. The molecule has 0 bridgehead atoms. The zero-order chi connectivity index (χ0) is 31.7. The largest absolute Gasteiger partial charge is 0.481 e. The van der Waals surface area contributed by atoms with E-state index in [1.807, 2.05) is 0 Å². The Bertz CT molecular complexity index is 1220. The van der Waals surface area contributed by atoms with Gasteiger partial charge in [0.05, 0.1) is 37.1 Å². The molecule has 0 aliphatic rings. The zero-order valence-electron chi connectivity index (χ0n) is 26.1. The van der Waals surface area contributed by atoms with Gasteiger partial charge in [0, 0.05) is 31.6 Å². The lowest BCUT2D eigenvalue weighted by molar-refractivity contribution is -0.141. The van der Waals surface area contributed by atoms with Gasteiger partial charge in [-0.05, 0) is 57.9 Å². The van der Waals surface area contributed by atoms with Gasteiger partial charge >= 0.3 is 18.2 Å². The van der Waals surface area contributed by atoms with Gasteiger partial charge in [0.25, 0.3) is 0 Å². The average Bonchev–Trinajstić information content (AvgIpc) is 3.27. The molecule has 0 saturated heterocycles. The second-order valence-electron chi connectivity index (χ2n) is 12.6. The Kier molecular flexibility index (Phi) is 12.4. The molecule has 13 heteroatoms. The number of carbonyl (C=O) groups is 3. The van der Waals surface area contributed by atoms with Gasteiger partial charge in [0.15, 0.2) is 0 Å². The second kappa shape index (κ2) is 15.1. The number of rotatable bonds is 14. The molecule has 0 saturated carbocycles. The van der Waals surface area contributed by atoms with Crippen LogP contribution in [0.5, 0.6) is 0 Å². The molecule has 1 unspecified atom stereocenters. The lowest BCUT2D eigenvalue weighted by Crippen LogP contribution is -2.35. The van der Waals surface area contributed by atoms with Crippen LogP contribution in [0, 0.1) is 5.92 Å². The highest BCUT2D eigenvalue weighted by molar-refractivity contribution is 6.76. The monoisotopic (exact) mass is 605 g/mol. The fourth-order valence-electron chi connectivity index (χ4n) is 3.98. The Hall–Kier alpha value is -3.58. The van der Waals surface area contributed by atoms with Crippen molar-refractivity contribution in [3.63, 3.8) is 0 Å². The summed E-state index contributed by atoms with van der Waals surface area (Å²) in [7, 11) is -0.0324. The lowest BCUT2D eigenvalue weighted by atomic mass is 10.0. The Labute approximate surface area is 249 Å². The maximum absolute atomic E-state index is 12.8. The number of anilines is 2. The Morgan fingerprint density at radius 2 is 1.83 bits per heavy atom. The maximum Gasteiger partial charge on any atom is 0.411 e. The second-order valence-corrected chi connectivity index (χ2v) is 18.2. The van der Waals surface area contributed by atoms with Crippen LogP contribution in [0.2, 0.25) is 25.7 Å². The fourth-order valence-corrected chi connectivity index (χ4v) is 4.73. The molecule has 12 nitrogen and oxygen atoms in total. The molecule has 2 aromatic rings. The molecule has 42 heavy (non-hydrogen) atoms. The van der Waals surface area contributed by atoms with Gasteiger partial charge in [-0.2, -0.15) is 0 Å². The van der Waals surface area contributed by atoms with Crippen molar-refractivity contribution < 1.29 is 33.7 Å². The number of hydrogen-bond donors (Lipinski definition) is 5. The predicted octanol–water partition coefficient (Wildman–Crippen LogP) is 6.15. The van der Waals surface area contributed by atoms with Crippen molar-refractivity contribution in [1.29, 1.82) is 0 Å². The molecule has 1 heterocycles. The number of carbonyl (C=O) groups excluding carboxylic acids is 2. The van der Waals surface area contributed by atoms with Crippen LogP contribution in [-0.4, -0.2) is 60.6 Å². The third kappa shape index (κ3) is 11.7. The van der Waals surface area contributed by atoms with Gasteiger partial charge in [-0.1, -0.05) is 33.0 Å². The molecular weight excluding hydrogens is 558 g/mol. The summed E-state index contributed by atoms with van der Waals surface area (Å²) in [6.45, 7) is 14.6. The lowest BCUT2D eigenvalue weighted by Gasteiger charge is -2.23. The van der Waals surface area contributed by atoms with Crippen LogP contribution in [0.4, 0.5) is 21.0 Å². The minimum absolute atomic E-state index is 0.240. The quantitative estimate of drug-likeness (QED) is 0.0959. The van der Waals surface area contributed by atoms with E-state index in [1.165, 1.54) is 7.11 Å². The smallest absolute Gasteiger partial charge is 0.411 e. The minimum atomic E-state index is -1.31. The number of nitrogen functional groups attached to an aromatic ring is 1. The van der Waals surface area contributed by atoms with Gasteiger partial charge in [0.1, 0.15) is 11.4 Å². The van der Waals surface area contributed by atoms with Gasteiger partial charge < -0.3 is 35.4 Å². The maximum atomic E-state index is 12.8. The number of methoxy groups -OCH3 is 1. The third-order valence-electron chi connectivity index (χ3n) is 6.35. The standard InChI is InChI=1S/C29H47N5O7Si/c1-18(26(35)36)10-9-11-22(33-28(38)41-29(2,3)4)25-32-23(17-40-14-15-42(6,7)8)24(34-25)20-13-12-19(16-21(20)30)31-27(37)39-5/h12-13,16,18,22H,9-11,14-15,17,30H2,1-8H3,(H,31,37)(H,32,34)(H,33,38)(H,35,36)/t18?,22-/m0/s1. The number of H-pyrrole nitrogens is 1.